The molecular weight excluding hydrogens is 236 g/mol. The fourth-order valence-corrected chi connectivity index (χ4v) is 2.21. The van der Waals surface area contributed by atoms with Crippen LogP contribution in [-0.4, -0.2) is 43.4 Å². The molecule has 0 aromatic carbocycles. The summed E-state index contributed by atoms with van der Waals surface area (Å²) < 4.78 is 17.0. The van der Waals surface area contributed by atoms with Gasteiger partial charge >= 0.3 is 0 Å². The fourth-order valence-electron chi connectivity index (χ4n) is 2.21. The second-order valence-electron chi connectivity index (χ2n) is 4.67. The van der Waals surface area contributed by atoms with Crippen LogP contribution in [0.1, 0.15) is 13.8 Å². The Morgan fingerprint density at radius 2 is 2.28 bits per heavy atom. The van der Waals surface area contributed by atoms with Gasteiger partial charge in [0.25, 0.3) is 0 Å². The van der Waals surface area contributed by atoms with E-state index < -0.39 is 18.1 Å². The monoisotopic (exact) mass is 252 g/mol. The van der Waals surface area contributed by atoms with Crippen molar-refractivity contribution in [1.82, 2.24) is 5.32 Å². The molecule has 4 atom stereocenters. The number of fused-ring (bicyclic) bond motifs is 1. The van der Waals surface area contributed by atoms with Gasteiger partial charge in [-0.15, -0.1) is 6.42 Å². The predicted octanol–water partition coefficient (Wildman–Crippen LogP) is 0.764. The van der Waals surface area contributed by atoms with Crippen LogP contribution < -0.4 is 5.32 Å². The molecule has 7 heteroatoms. The summed E-state index contributed by atoms with van der Waals surface area (Å²) in [7, 11) is 0. The third kappa shape index (κ3) is 2.58. The predicted molar refractivity (Wildman–Crippen MR) is 63.3 cm³/mol. The molecule has 1 N–H and O–H groups in total. The van der Waals surface area contributed by atoms with Gasteiger partial charge in [-0.3, -0.25) is 0 Å². The van der Waals surface area contributed by atoms with Crippen molar-refractivity contribution in [2.75, 3.05) is 13.1 Å². The van der Waals surface area contributed by atoms with Crippen LogP contribution in [0.5, 0.6) is 0 Å². The van der Waals surface area contributed by atoms with Gasteiger partial charge in [-0.1, -0.05) is 11.0 Å². The lowest BCUT2D eigenvalue weighted by Gasteiger charge is -2.23. The summed E-state index contributed by atoms with van der Waals surface area (Å²) in [4.78, 5) is 2.85. The van der Waals surface area contributed by atoms with E-state index in [-0.39, 0.29) is 12.2 Å². The van der Waals surface area contributed by atoms with Crippen molar-refractivity contribution >= 4 is 0 Å². The molecule has 0 aromatic heterocycles. The molecule has 0 saturated carbocycles. The van der Waals surface area contributed by atoms with E-state index in [1.807, 2.05) is 0 Å². The standard InChI is InChI=1S/C11H16N4O3/c1-4-5-13-6-7-8(14-15-12)9-10(16-7)18-11(2,3)17-9/h1,7-10,13H,5-6H2,2-3H3/t7-,8+,9-,10-/m1/s1. The number of hydrogen-bond donors (Lipinski definition) is 1. The fraction of sp³-hybridized carbons (Fsp3) is 0.818. The van der Waals surface area contributed by atoms with Crippen molar-refractivity contribution in [3.05, 3.63) is 10.4 Å². The van der Waals surface area contributed by atoms with Crippen LogP contribution in [0.25, 0.3) is 10.4 Å². The summed E-state index contributed by atoms with van der Waals surface area (Å²) >= 11 is 0. The normalized spacial score (nSPS) is 36.7. The van der Waals surface area contributed by atoms with Crippen LogP contribution in [0.15, 0.2) is 5.11 Å². The lowest BCUT2D eigenvalue weighted by Crippen LogP contribution is -2.38. The number of hydrogen-bond acceptors (Lipinski definition) is 5. The maximum Gasteiger partial charge on any atom is 0.188 e. The summed E-state index contributed by atoms with van der Waals surface area (Å²) in [5.41, 5.74) is 8.62. The van der Waals surface area contributed by atoms with Gasteiger partial charge in [0.1, 0.15) is 6.10 Å². The molecule has 2 heterocycles. The van der Waals surface area contributed by atoms with Gasteiger partial charge in [-0.2, -0.15) is 0 Å². The van der Waals surface area contributed by atoms with Crippen molar-refractivity contribution in [2.24, 2.45) is 5.11 Å². The number of nitrogens with one attached hydrogen (secondary N) is 1. The molecule has 2 fully saturated rings. The lowest BCUT2D eigenvalue weighted by atomic mass is 10.1. The van der Waals surface area contributed by atoms with Crippen LogP contribution in [0.3, 0.4) is 0 Å². The molecule has 0 aliphatic carbocycles. The first-order valence-corrected chi connectivity index (χ1v) is 5.77. The van der Waals surface area contributed by atoms with Gasteiger partial charge in [-0.05, 0) is 19.4 Å². The summed E-state index contributed by atoms with van der Waals surface area (Å²) in [6.07, 6.45) is 4.00. The highest BCUT2D eigenvalue weighted by Gasteiger charge is 2.54. The molecule has 98 valence electrons. The van der Waals surface area contributed by atoms with Gasteiger partial charge < -0.3 is 19.5 Å². The zero-order valence-electron chi connectivity index (χ0n) is 10.4. The Morgan fingerprint density at radius 3 is 2.94 bits per heavy atom. The SMILES string of the molecule is C#CCNC[C@H]1O[C@@H]2OC(C)(C)O[C@@H]2[C@H]1N=[N+]=[N-]. The Kier molecular flexibility index (Phi) is 3.76. The van der Waals surface area contributed by atoms with Gasteiger partial charge in [0.15, 0.2) is 12.1 Å². The summed E-state index contributed by atoms with van der Waals surface area (Å²) in [6, 6.07) is -0.410. The molecule has 7 nitrogen and oxygen atoms in total. The zero-order valence-corrected chi connectivity index (χ0v) is 10.4. The highest BCUT2D eigenvalue weighted by Crippen LogP contribution is 2.38. The topological polar surface area (TPSA) is 88.5 Å². The van der Waals surface area contributed by atoms with Gasteiger partial charge in [0.05, 0.1) is 18.7 Å². The van der Waals surface area contributed by atoms with E-state index in [0.717, 1.165) is 0 Å². The number of terminal acetylenes is 1. The van der Waals surface area contributed by atoms with Gasteiger partial charge in [-0.25, -0.2) is 0 Å². The summed E-state index contributed by atoms with van der Waals surface area (Å²) in [5, 5.41) is 6.77. The zero-order chi connectivity index (χ0) is 13.2. The molecular formula is C11H16N4O3. The second kappa shape index (κ2) is 5.14. The molecule has 0 spiro atoms. The number of nitrogens with zero attached hydrogens (tertiary/aromatic N) is 3. The molecule has 2 saturated heterocycles. The molecule has 2 aliphatic rings. The van der Waals surface area contributed by atoms with E-state index in [4.69, 9.17) is 26.2 Å². The van der Waals surface area contributed by atoms with Crippen molar-refractivity contribution in [1.29, 1.82) is 0 Å². The minimum Gasteiger partial charge on any atom is -0.345 e. The first-order chi connectivity index (χ1) is 8.57. The molecule has 0 bridgehead atoms. The van der Waals surface area contributed by atoms with Crippen LogP contribution in [0.2, 0.25) is 0 Å². The Morgan fingerprint density at radius 1 is 1.50 bits per heavy atom. The molecule has 0 unspecified atom stereocenters. The average molecular weight is 252 g/mol. The quantitative estimate of drug-likeness (QED) is 0.263. The molecule has 2 aliphatic heterocycles. The highest BCUT2D eigenvalue weighted by molar-refractivity contribution is 4.99. The van der Waals surface area contributed by atoms with Crippen molar-refractivity contribution < 1.29 is 14.2 Å². The average Bonchev–Trinajstić information content (AvgIpc) is 2.74. The largest absolute Gasteiger partial charge is 0.345 e. The van der Waals surface area contributed by atoms with E-state index in [0.29, 0.717) is 13.1 Å². The third-order valence-electron chi connectivity index (χ3n) is 2.87. The molecule has 0 radical (unpaired) electrons. The van der Waals surface area contributed by atoms with Crippen molar-refractivity contribution in [3.63, 3.8) is 0 Å². The minimum absolute atomic E-state index is 0.291. The first kappa shape index (κ1) is 13.1. The second-order valence-corrected chi connectivity index (χ2v) is 4.67. The molecule has 0 aromatic rings. The van der Waals surface area contributed by atoms with E-state index >= 15 is 0 Å². The van der Waals surface area contributed by atoms with Crippen LogP contribution in [0, 0.1) is 12.3 Å². The lowest BCUT2D eigenvalue weighted by molar-refractivity contribution is -0.205. The van der Waals surface area contributed by atoms with E-state index in [9.17, 15) is 0 Å². The van der Waals surface area contributed by atoms with E-state index in [2.05, 4.69) is 21.3 Å². The summed E-state index contributed by atoms with van der Waals surface area (Å²) in [6.45, 7) is 4.53. The summed E-state index contributed by atoms with van der Waals surface area (Å²) in [5.74, 6) is 1.76. The first-order valence-electron chi connectivity index (χ1n) is 5.77. The number of rotatable bonds is 4. The van der Waals surface area contributed by atoms with Crippen molar-refractivity contribution in [3.8, 4) is 12.3 Å². The molecule has 0 amide bonds. The van der Waals surface area contributed by atoms with Gasteiger partial charge in [0.2, 0.25) is 0 Å². The van der Waals surface area contributed by atoms with E-state index in [1.54, 1.807) is 13.8 Å². The number of ether oxygens (including phenoxy) is 3. The van der Waals surface area contributed by atoms with Gasteiger partial charge in [0, 0.05) is 11.5 Å². The maximum absolute atomic E-state index is 8.62. The maximum atomic E-state index is 8.62. The highest BCUT2D eigenvalue weighted by atomic mass is 16.8. The smallest absolute Gasteiger partial charge is 0.188 e. The third-order valence-corrected chi connectivity index (χ3v) is 2.87. The Bertz CT molecular complexity index is 400. The van der Waals surface area contributed by atoms with Crippen LogP contribution >= 0.6 is 0 Å². The molecule has 18 heavy (non-hydrogen) atoms. The molecule has 2 rings (SSSR count). The van der Waals surface area contributed by atoms with Crippen LogP contribution in [0.4, 0.5) is 0 Å². The number of azide groups is 1. The van der Waals surface area contributed by atoms with E-state index in [1.165, 1.54) is 0 Å². The minimum atomic E-state index is -0.713. The van der Waals surface area contributed by atoms with Crippen LogP contribution in [-0.2, 0) is 14.2 Å². The Balaban J connectivity index is 2.03. The Labute approximate surface area is 105 Å². The van der Waals surface area contributed by atoms with Crippen molar-refractivity contribution in [2.45, 2.75) is 44.2 Å². The Hall–Kier alpha value is -1.29.